The van der Waals surface area contributed by atoms with Gasteiger partial charge in [0.2, 0.25) is 0 Å². The second-order valence-corrected chi connectivity index (χ2v) is 6.74. The molecule has 2 aromatic carbocycles. The minimum absolute atomic E-state index is 0.167. The highest BCUT2D eigenvalue weighted by Gasteiger charge is 2.11. The molecule has 28 heavy (non-hydrogen) atoms. The number of nitrogens with zero attached hydrogens (tertiary/aromatic N) is 3. The summed E-state index contributed by atoms with van der Waals surface area (Å²) in [5, 5.41) is 4.91. The van der Waals surface area contributed by atoms with E-state index in [1.165, 1.54) is 0 Å². The third-order valence-corrected chi connectivity index (χ3v) is 4.52. The van der Waals surface area contributed by atoms with E-state index in [1.807, 2.05) is 67.8 Å². The highest BCUT2D eigenvalue weighted by Crippen LogP contribution is 2.21. The number of carbonyl (C=O) groups excluding carboxylic acids is 1. The Bertz CT molecular complexity index is 1090. The lowest BCUT2D eigenvalue weighted by Gasteiger charge is -2.16. The van der Waals surface area contributed by atoms with Gasteiger partial charge in [-0.15, -0.1) is 0 Å². The Morgan fingerprint density at radius 2 is 1.93 bits per heavy atom. The first-order valence-corrected chi connectivity index (χ1v) is 9.10. The molecule has 1 amide bonds. The number of rotatable bonds is 6. The van der Waals surface area contributed by atoms with Crippen LogP contribution in [-0.2, 0) is 13.1 Å². The van der Waals surface area contributed by atoms with Crippen LogP contribution in [0.25, 0.3) is 10.8 Å². The predicted molar refractivity (Wildman–Crippen MR) is 110 cm³/mol. The van der Waals surface area contributed by atoms with Gasteiger partial charge in [0.25, 0.3) is 5.91 Å². The van der Waals surface area contributed by atoms with Crippen LogP contribution in [0.4, 0.5) is 5.82 Å². The molecule has 0 aliphatic carbocycles. The molecular formula is C22H21N5O. The monoisotopic (exact) mass is 371 g/mol. The lowest BCUT2D eigenvalue weighted by molar-refractivity contribution is 0.102. The SMILES string of the molecule is CN(Cc1cccc(C(=O)Nc2nccc3ccccc23)c1)Cc1ncc[nH]1. The highest BCUT2D eigenvalue weighted by atomic mass is 16.1. The summed E-state index contributed by atoms with van der Waals surface area (Å²) < 4.78 is 0. The molecule has 0 saturated carbocycles. The molecule has 2 heterocycles. The van der Waals surface area contributed by atoms with Gasteiger partial charge in [-0.05, 0) is 36.2 Å². The van der Waals surface area contributed by atoms with Crippen LogP contribution in [0.5, 0.6) is 0 Å². The summed E-state index contributed by atoms with van der Waals surface area (Å²) in [4.78, 5) is 26.6. The fraction of sp³-hybridized carbons (Fsp3) is 0.136. The number of anilines is 1. The normalized spacial score (nSPS) is 11.1. The van der Waals surface area contributed by atoms with Gasteiger partial charge in [-0.2, -0.15) is 0 Å². The molecular weight excluding hydrogens is 350 g/mol. The topological polar surface area (TPSA) is 73.9 Å². The molecule has 0 aliphatic heterocycles. The largest absolute Gasteiger partial charge is 0.348 e. The van der Waals surface area contributed by atoms with Gasteiger partial charge in [-0.25, -0.2) is 9.97 Å². The van der Waals surface area contributed by atoms with Crippen molar-refractivity contribution in [2.75, 3.05) is 12.4 Å². The number of H-pyrrole nitrogens is 1. The van der Waals surface area contributed by atoms with Crippen LogP contribution in [0, 0.1) is 0 Å². The molecule has 4 rings (SSSR count). The fourth-order valence-electron chi connectivity index (χ4n) is 3.22. The smallest absolute Gasteiger partial charge is 0.256 e. The van der Waals surface area contributed by atoms with Crippen molar-refractivity contribution in [1.82, 2.24) is 19.9 Å². The van der Waals surface area contributed by atoms with E-state index in [9.17, 15) is 4.79 Å². The maximum atomic E-state index is 12.8. The van der Waals surface area contributed by atoms with Gasteiger partial charge < -0.3 is 10.3 Å². The number of aromatic nitrogens is 3. The quantitative estimate of drug-likeness (QED) is 0.540. The first-order chi connectivity index (χ1) is 13.7. The Hall–Kier alpha value is -3.51. The van der Waals surface area contributed by atoms with Crippen LogP contribution in [0.1, 0.15) is 21.7 Å². The van der Waals surface area contributed by atoms with E-state index in [4.69, 9.17) is 0 Å². The van der Waals surface area contributed by atoms with E-state index in [0.29, 0.717) is 24.5 Å². The van der Waals surface area contributed by atoms with Gasteiger partial charge >= 0.3 is 0 Å². The van der Waals surface area contributed by atoms with Crippen LogP contribution >= 0.6 is 0 Å². The number of amides is 1. The van der Waals surface area contributed by atoms with Crippen molar-refractivity contribution < 1.29 is 4.79 Å². The lowest BCUT2D eigenvalue weighted by Crippen LogP contribution is -2.19. The summed E-state index contributed by atoms with van der Waals surface area (Å²) in [6.07, 6.45) is 5.27. The molecule has 2 aromatic heterocycles. The van der Waals surface area contributed by atoms with Gasteiger partial charge in [0.1, 0.15) is 11.6 Å². The molecule has 0 aliphatic rings. The zero-order valence-electron chi connectivity index (χ0n) is 15.6. The highest BCUT2D eigenvalue weighted by molar-refractivity contribution is 6.08. The van der Waals surface area contributed by atoms with E-state index in [1.54, 1.807) is 12.4 Å². The average Bonchev–Trinajstić information content (AvgIpc) is 3.21. The number of aromatic amines is 1. The number of nitrogens with one attached hydrogen (secondary N) is 2. The van der Waals surface area contributed by atoms with Crippen molar-refractivity contribution in [2.24, 2.45) is 0 Å². The maximum absolute atomic E-state index is 12.8. The molecule has 0 fully saturated rings. The third-order valence-electron chi connectivity index (χ3n) is 4.52. The number of hydrogen-bond donors (Lipinski definition) is 2. The van der Waals surface area contributed by atoms with Crippen molar-refractivity contribution in [3.8, 4) is 0 Å². The second kappa shape index (κ2) is 8.02. The molecule has 0 spiro atoms. The number of benzene rings is 2. The Morgan fingerprint density at radius 3 is 2.79 bits per heavy atom. The van der Waals surface area contributed by atoms with Crippen molar-refractivity contribution in [3.63, 3.8) is 0 Å². The van der Waals surface area contributed by atoms with Crippen LogP contribution in [0.2, 0.25) is 0 Å². The number of fused-ring (bicyclic) bond motifs is 1. The summed E-state index contributed by atoms with van der Waals surface area (Å²) in [6, 6.07) is 17.5. The summed E-state index contributed by atoms with van der Waals surface area (Å²) in [5.74, 6) is 1.32. The summed E-state index contributed by atoms with van der Waals surface area (Å²) >= 11 is 0. The minimum atomic E-state index is -0.167. The standard InChI is InChI=1S/C22H21N5O/c1-27(15-20-23-11-12-24-20)14-16-5-4-7-18(13-16)22(28)26-21-19-8-3-2-6-17(19)9-10-25-21/h2-13H,14-15H2,1H3,(H,23,24)(H,25,26,28). The van der Waals surface area contributed by atoms with Gasteiger partial charge in [-0.3, -0.25) is 9.69 Å². The van der Waals surface area contributed by atoms with E-state index < -0.39 is 0 Å². The second-order valence-electron chi connectivity index (χ2n) is 6.74. The molecule has 2 N–H and O–H groups in total. The molecule has 4 aromatic rings. The summed E-state index contributed by atoms with van der Waals surface area (Å²) in [5.41, 5.74) is 1.67. The van der Waals surface area contributed by atoms with Gasteiger partial charge in [-0.1, -0.05) is 36.4 Å². The van der Waals surface area contributed by atoms with Gasteiger partial charge in [0.15, 0.2) is 0 Å². The molecule has 0 bridgehead atoms. The fourth-order valence-corrected chi connectivity index (χ4v) is 3.22. The van der Waals surface area contributed by atoms with Gasteiger partial charge in [0, 0.05) is 36.1 Å². The first kappa shape index (κ1) is 17.9. The maximum Gasteiger partial charge on any atom is 0.256 e. The van der Waals surface area contributed by atoms with Crippen molar-refractivity contribution in [2.45, 2.75) is 13.1 Å². The van der Waals surface area contributed by atoms with E-state index in [2.05, 4.69) is 25.2 Å². The van der Waals surface area contributed by atoms with E-state index in [-0.39, 0.29) is 5.91 Å². The van der Waals surface area contributed by atoms with Crippen molar-refractivity contribution in [1.29, 1.82) is 0 Å². The zero-order valence-corrected chi connectivity index (χ0v) is 15.6. The third kappa shape index (κ3) is 4.07. The molecule has 0 saturated heterocycles. The van der Waals surface area contributed by atoms with Crippen molar-refractivity contribution in [3.05, 3.63) is 90.1 Å². The molecule has 0 atom stereocenters. The Labute approximate surface area is 163 Å². The molecule has 6 nitrogen and oxygen atoms in total. The summed E-state index contributed by atoms with van der Waals surface area (Å²) in [7, 11) is 2.02. The molecule has 6 heteroatoms. The number of pyridine rings is 1. The van der Waals surface area contributed by atoms with E-state index >= 15 is 0 Å². The van der Waals surface area contributed by atoms with Crippen LogP contribution < -0.4 is 5.32 Å². The molecule has 0 unspecified atom stereocenters. The minimum Gasteiger partial charge on any atom is -0.348 e. The predicted octanol–water partition coefficient (Wildman–Crippen LogP) is 3.84. The van der Waals surface area contributed by atoms with Crippen LogP contribution in [0.15, 0.2) is 73.2 Å². The van der Waals surface area contributed by atoms with Crippen LogP contribution in [0.3, 0.4) is 0 Å². The Kier molecular flexibility index (Phi) is 5.12. The van der Waals surface area contributed by atoms with E-state index in [0.717, 1.165) is 22.2 Å². The van der Waals surface area contributed by atoms with Gasteiger partial charge in [0.05, 0.1) is 6.54 Å². The molecule has 140 valence electrons. The number of hydrogen-bond acceptors (Lipinski definition) is 4. The zero-order chi connectivity index (χ0) is 19.3. The Morgan fingerprint density at radius 1 is 1.04 bits per heavy atom. The Balaban J connectivity index is 1.48. The molecule has 0 radical (unpaired) electrons. The van der Waals surface area contributed by atoms with Crippen LogP contribution in [-0.4, -0.2) is 32.8 Å². The van der Waals surface area contributed by atoms with Crippen molar-refractivity contribution >= 4 is 22.5 Å². The number of carbonyl (C=O) groups is 1. The number of imidazole rings is 1. The first-order valence-electron chi connectivity index (χ1n) is 9.10. The average molecular weight is 371 g/mol. The lowest BCUT2D eigenvalue weighted by atomic mass is 10.1. The summed E-state index contributed by atoms with van der Waals surface area (Å²) in [6.45, 7) is 1.43.